The van der Waals surface area contributed by atoms with Crippen molar-refractivity contribution < 1.29 is 13.5 Å². The van der Waals surface area contributed by atoms with Gasteiger partial charge < -0.3 is 5.11 Å². The van der Waals surface area contributed by atoms with Crippen LogP contribution in [0.15, 0.2) is 34.5 Å². The van der Waals surface area contributed by atoms with E-state index in [0.717, 1.165) is 22.5 Å². The van der Waals surface area contributed by atoms with Crippen LogP contribution in [0.1, 0.15) is 16.0 Å². The monoisotopic (exact) mass is 345 g/mol. The van der Waals surface area contributed by atoms with Crippen molar-refractivity contribution >= 4 is 33.0 Å². The summed E-state index contributed by atoms with van der Waals surface area (Å²) < 4.78 is 26.6. The van der Waals surface area contributed by atoms with E-state index in [4.69, 9.17) is 11.6 Å². The van der Waals surface area contributed by atoms with Crippen LogP contribution in [0.3, 0.4) is 0 Å². The van der Waals surface area contributed by atoms with Gasteiger partial charge in [0, 0.05) is 23.5 Å². The lowest BCUT2D eigenvalue weighted by atomic mass is 10.2. The summed E-state index contributed by atoms with van der Waals surface area (Å²) in [5.74, 6) is 0. The lowest BCUT2D eigenvalue weighted by molar-refractivity contribution is 0.285. The Morgan fingerprint density at radius 1 is 1.33 bits per heavy atom. The molecule has 114 valence electrons. The minimum Gasteiger partial charge on any atom is -0.391 e. The van der Waals surface area contributed by atoms with Crippen LogP contribution in [0, 0.1) is 6.92 Å². The molecule has 1 aromatic carbocycles. The molecule has 0 saturated carbocycles. The number of hydrogen-bond acceptors (Lipinski definition) is 4. The fraction of sp³-hybridized carbons (Fsp3) is 0.286. The summed E-state index contributed by atoms with van der Waals surface area (Å²) in [5, 5.41) is 9.73. The van der Waals surface area contributed by atoms with Crippen LogP contribution in [0.25, 0.3) is 0 Å². The number of thiophene rings is 1. The number of aliphatic hydroxyl groups excluding tert-OH is 1. The van der Waals surface area contributed by atoms with Gasteiger partial charge in [0.1, 0.15) is 4.21 Å². The molecule has 0 unspecified atom stereocenters. The van der Waals surface area contributed by atoms with E-state index in [9.17, 15) is 13.5 Å². The molecule has 2 rings (SSSR count). The molecular formula is C14H16ClNO3S2. The molecule has 0 aliphatic heterocycles. The number of benzene rings is 1. The van der Waals surface area contributed by atoms with Crippen LogP contribution in [0.2, 0.25) is 5.02 Å². The highest BCUT2D eigenvalue weighted by atomic mass is 35.5. The van der Waals surface area contributed by atoms with Crippen molar-refractivity contribution in [3.05, 3.63) is 51.4 Å². The van der Waals surface area contributed by atoms with Crippen LogP contribution in [0.5, 0.6) is 0 Å². The molecule has 0 fully saturated rings. The normalized spacial score (nSPS) is 12.0. The number of halogens is 1. The molecule has 1 N–H and O–H groups in total. The Kier molecular flexibility index (Phi) is 5.06. The van der Waals surface area contributed by atoms with E-state index in [1.165, 1.54) is 11.4 Å². The molecule has 0 aliphatic rings. The zero-order chi connectivity index (χ0) is 15.6. The van der Waals surface area contributed by atoms with Crippen molar-refractivity contribution in [1.29, 1.82) is 0 Å². The third-order valence-corrected chi connectivity index (χ3v) is 7.00. The Morgan fingerprint density at radius 3 is 2.57 bits per heavy atom. The summed E-state index contributed by atoms with van der Waals surface area (Å²) in [7, 11) is -2.06. The summed E-state index contributed by atoms with van der Waals surface area (Å²) in [6, 6.07) is 8.75. The minimum atomic E-state index is -3.58. The SMILES string of the molecule is Cc1cc(S(=O)(=O)N(C)Cc2ccccc2Cl)sc1CO. The first kappa shape index (κ1) is 16.5. The van der Waals surface area contributed by atoms with E-state index >= 15 is 0 Å². The molecule has 0 bridgehead atoms. The van der Waals surface area contributed by atoms with Gasteiger partial charge in [-0.15, -0.1) is 11.3 Å². The predicted octanol–water partition coefficient (Wildman–Crippen LogP) is 3.02. The maximum absolute atomic E-state index is 12.5. The molecule has 7 heteroatoms. The largest absolute Gasteiger partial charge is 0.391 e. The van der Waals surface area contributed by atoms with Crippen molar-refractivity contribution in [2.75, 3.05) is 7.05 Å². The second-order valence-corrected chi connectivity index (χ2v) is 8.50. The van der Waals surface area contributed by atoms with Gasteiger partial charge in [0.25, 0.3) is 10.0 Å². The summed E-state index contributed by atoms with van der Waals surface area (Å²) in [6.07, 6.45) is 0. The molecule has 0 amide bonds. The average Bonchev–Trinajstić information content (AvgIpc) is 2.83. The molecule has 0 spiro atoms. The first-order valence-electron chi connectivity index (χ1n) is 6.26. The van der Waals surface area contributed by atoms with Crippen molar-refractivity contribution in [2.24, 2.45) is 0 Å². The van der Waals surface area contributed by atoms with Gasteiger partial charge in [-0.2, -0.15) is 4.31 Å². The van der Waals surface area contributed by atoms with E-state index < -0.39 is 10.0 Å². The minimum absolute atomic E-state index is 0.153. The van der Waals surface area contributed by atoms with Crippen molar-refractivity contribution in [1.82, 2.24) is 4.31 Å². The van der Waals surface area contributed by atoms with Crippen molar-refractivity contribution in [3.63, 3.8) is 0 Å². The van der Waals surface area contributed by atoms with Crippen LogP contribution in [-0.2, 0) is 23.2 Å². The Balaban J connectivity index is 2.28. The molecule has 0 radical (unpaired) electrons. The fourth-order valence-electron chi connectivity index (χ4n) is 1.88. The maximum Gasteiger partial charge on any atom is 0.252 e. The maximum atomic E-state index is 12.5. The average molecular weight is 346 g/mol. The number of sulfonamides is 1. The third kappa shape index (κ3) is 3.46. The summed E-state index contributed by atoms with van der Waals surface area (Å²) in [5.41, 5.74) is 1.54. The molecular weight excluding hydrogens is 330 g/mol. The second kappa shape index (κ2) is 6.46. The van der Waals surface area contributed by atoms with Crippen LogP contribution >= 0.6 is 22.9 Å². The molecule has 0 saturated heterocycles. The van der Waals surface area contributed by atoms with E-state index in [-0.39, 0.29) is 17.4 Å². The van der Waals surface area contributed by atoms with E-state index in [0.29, 0.717) is 9.90 Å². The Bertz CT molecular complexity index is 740. The first-order valence-corrected chi connectivity index (χ1v) is 8.89. The summed E-state index contributed by atoms with van der Waals surface area (Å²) >= 11 is 7.16. The fourth-order valence-corrected chi connectivity index (χ4v) is 4.88. The van der Waals surface area contributed by atoms with Crippen molar-refractivity contribution in [3.8, 4) is 0 Å². The Labute approximate surface area is 133 Å². The molecule has 1 heterocycles. The highest BCUT2D eigenvalue weighted by molar-refractivity contribution is 7.91. The third-order valence-electron chi connectivity index (χ3n) is 3.16. The van der Waals surface area contributed by atoms with Crippen LogP contribution < -0.4 is 0 Å². The predicted molar refractivity (Wildman–Crippen MR) is 85.1 cm³/mol. The van der Waals surface area contributed by atoms with Gasteiger partial charge in [0.2, 0.25) is 0 Å². The molecule has 4 nitrogen and oxygen atoms in total. The van der Waals surface area contributed by atoms with Gasteiger partial charge in [-0.1, -0.05) is 29.8 Å². The number of rotatable bonds is 5. The lowest BCUT2D eigenvalue weighted by Gasteiger charge is -2.16. The van der Waals surface area contributed by atoms with E-state index in [1.54, 1.807) is 31.2 Å². The molecule has 2 aromatic rings. The first-order chi connectivity index (χ1) is 9.86. The van der Waals surface area contributed by atoms with E-state index in [2.05, 4.69) is 0 Å². The molecule has 21 heavy (non-hydrogen) atoms. The number of aryl methyl sites for hydroxylation is 1. The van der Waals surface area contributed by atoms with Gasteiger partial charge in [-0.25, -0.2) is 8.42 Å². The topological polar surface area (TPSA) is 57.6 Å². The van der Waals surface area contributed by atoms with Gasteiger partial charge in [0.15, 0.2) is 0 Å². The van der Waals surface area contributed by atoms with Crippen LogP contribution in [0.4, 0.5) is 0 Å². The molecule has 0 atom stereocenters. The highest BCUT2D eigenvalue weighted by Gasteiger charge is 2.24. The number of aliphatic hydroxyl groups is 1. The van der Waals surface area contributed by atoms with Gasteiger partial charge in [-0.05, 0) is 30.2 Å². The van der Waals surface area contributed by atoms with Gasteiger partial charge >= 0.3 is 0 Å². The standard InChI is InChI=1S/C14H16ClNO3S2/c1-10-7-14(20-13(10)9-17)21(18,19)16(2)8-11-5-3-4-6-12(11)15/h3-7,17H,8-9H2,1-2H3. The molecule has 0 aliphatic carbocycles. The lowest BCUT2D eigenvalue weighted by Crippen LogP contribution is -2.25. The molecule has 1 aromatic heterocycles. The van der Waals surface area contributed by atoms with Gasteiger partial charge in [0.05, 0.1) is 6.61 Å². The van der Waals surface area contributed by atoms with Gasteiger partial charge in [-0.3, -0.25) is 0 Å². The Hall–Kier alpha value is -0.920. The summed E-state index contributed by atoms with van der Waals surface area (Å²) in [6.45, 7) is 1.84. The highest BCUT2D eigenvalue weighted by Crippen LogP contribution is 2.29. The second-order valence-electron chi connectivity index (χ2n) is 4.68. The number of nitrogens with zero attached hydrogens (tertiary/aromatic N) is 1. The summed E-state index contributed by atoms with van der Waals surface area (Å²) in [4.78, 5) is 0.666. The van der Waals surface area contributed by atoms with Crippen LogP contribution in [-0.4, -0.2) is 24.9 Å². The number of hydrogen-bond donors (Lipinski definition) is 1. The zero-order valence-electron chi connectivity index (χ0n) is 11.7. The quantitative estimate of drug-likeness (QED) is 0.906. The van der Waals surface area contributed by atoms with Crippen molar-refractivity contribution in [2.45, 2.75) is 24.3 Å². The zero-order valence-corrected chi connectivity index (χ0v) is 14.1. The van der Waals surface area contributed by atoms with E-state index in [1.807, 2.05) is 6.07 Å². The Morgan fingerprint density at radius 2 is 2.00 bits per heavy atom. The smallest absolute Gasteiger partial charge is 0.252 e.